The van der Waals surface area contributed by atoms with Gasteiger partial charge in [0.25, 0.3) is 5.91 Å². The molecule has 0 spiro atoms. The predicted molar refractivity (Wildman–Crippen MR) is 113 cm³/mol. The van der Waals surface area contributed by atoms with Crippen molar-refractivity contribution in [2.45, 2.75) is 41.2 Å². The van der Waals surface area contributed by atoms with Gasteiger partial charge < -0.3 is 9.88 Å². The fourth-order valence-corrected chi connectivity index (χ4v) is 3.77. The predicted octanol–water partition coefficient (Wildman–Crippen LogP) is 4.42. The fourth-order valence-electron chi connectivity index (χ4n) is 3.00. The lowest BCUT2D eigenvalue weighted by molar-refractivity contribution is 0.0948. The normalized spacial score (nSPS) is 11.4. The van der Waals surface area contributed by atoms with Crippen LogP contribution in [0.1, 0.15) is 43.7 Å². The zero-order valence-corrected chi connectivity index (χ0v) is 17.9. The Bertz CT molecular complexity index is 943. The number of amides is 1. The summed E-state index contributed by atoms with van der Waals surface area (Å²) in [6, 6.07) is 1.96. The standard InChI is InChI=1S/C21H27N5OS/c1-13(2)9-24-20(27)16-8-19(26(15(16)5)11-14(3)4)18-12-28-21(25-18)17-10-22-6-7-23-17/h6-8,10,12-14H,9,11H2,1-5H3,(H,24,27). The molecule has 0 aliphatic rings. The van der Waals surface area contributed by atoms with Crippen LogP contribution in [-0.2, 0) is 6.54 Å². The Hall–Kier alpha value is -2.54. The minimum atomic E-state index is -0.0284. The van der Waals surface area contributed by atoms with Crippen molar-refractivity contribution < 1.29 is 4.79 Å². The van der Waals surface area contributed by atoms with Gasteiger partial charge in [0.1, 0.15) is 10.7 Å². The molecule has 0 aromatic carbocycles. The molecule has 3 rings (SSSR count). The number of thiazole rings is 1. The van der Waals surface area contributed by atoms with Gasteiger partial charge in [0, 0.05) is 36.6 Å². The molecule has 0 fully saturated rings. The first kappa shape index (κ1) is 20.2. The van der Waals surface area contributed by atoms with E-state index in [0.29, 0.717) is 23.9 Å². The molecular weight excluding hydrogens is 370 g/mol. The highest BCUT2D eigenvalue weighted by atomic mass is 32.1. The van der Waals surface area contributed by atoms with Gasteiger partial charge in [-0.2, -0.15) is 0 Å². The van der Waals surface area contributed by atoms with Crippen LogP contribution in [0.25, 0.3) is 22.1 Å². The maximum absolute atomic E-state index is 12.7. The van der Waals surface area contributed by atoms with Crippen molar-refractivity contribution in [1.29, 1.82) is 0 Å². The van der Waals surface area contributed by atoms with E-state index in [9.17, 15) is 4.79 Å². The van der Waals surface area contributed by atoms with Gasteiger partial charge in [-0.3, -0.25) is 14.8 Å². The second-order valence-electron chi connectivity index (χ2n) is 7.77. The lowest BCUT2D eigenvalue weighted by atomic mass is 10.2. The van der Waals surface area contributed by atoms with E-state index in [4.69, 9.17) is 4.98 Å². The van der Waals surface area contributed by atoms with Crippen molar-refractivity contribution >= 4 is 17.2 Å². The summed E-state index contributed by atoms with van der Waals surface area (Å²) >= 11 is 1.54. The highest BCUT2D eigenvalue weighted by molar-refractivity contribution is 7.13. The first-order valence-electron chi connectivity index (χ1n) is 9.57. The van der Waals surface area contributed by atoms with Crippen LogP contribution in [0.4, 0.5) is 0 Å². The Morgan fingerprint density at radius 1 is 1.18 bits per heavy atom. The van der Waals surface area contributed by atoms with Gasteiger partial charge in [0.2, 0.25) is 0 Å². The number of hydrogen-bond donors (Lipinski definition) is 1. The quantitative estimate of drug-likeness (QED) is 0.640. The summed E-state index contributed by atoms with van der Waals surface area (Å²) in [5.41, 5.74) is 4.27. The van der Waals surface area contributed by atoms with Crippen molar-refractivity contribution in [2.24, 2.45) is 11.8 Å². The van der Waals surface area contributed by atoms with E-state index in [1.54, 1.807) is 18.6 Å². The second-order valence-corrected chi connectivity index (χ2v) is 8.62. The van der Waals surface area contributed by atoms with E-state index in [2.05, 4.69) is 47.5 Å². The van der Waals surface area contributed by atoms with E-state index < -0.39 is 0 Å². The van der Waals surface area contributed by atoms with Gasteiger partial charge in [0.15, 0.2) is 0 Å². The van der Waals surface area contributed by atoms with Crippen LogP contribution >= 0.6 is 11.3 Å². The summed E-state index contributed by atoms with van der Waals surface area (Å²) in [5.74, 6) is 0.836. The van der Waals surface area contributed by atoms with Crippen molar-refractivity contribution in [3.05, 3.63) is 41.3 Å². The van der Waals surface area contributed by atoms with Crippen LogP contribution in [0, 0.1) is 18.8 Å². The molecule has 3 aromatic heterocycles. The summed E-state index contributed by atoms with van der Waals surface area (Å²) in [7, 11) is 0. The molecular formula is C21H27N5OS. The third kappa shape index (κ3) is 4.47. The van der Waals surface area contributed by atoms with Crippen molar-refractivity contribution in [3.63, 3.8) is 0 Å². The van der Waals surface area contributed by atoms with E-state index in [1.807, 2.05) is 18.4 Å². The molecule has 0 saturated carbocycles. The van der Waals surface area contributed by atoms with Crippen LogP contribution in [0.5, 0.6) is 0 Å². The Morgan fingerprint density at radius 2 is 1.96 bits per heavy atom. The highest BCUT2D eigenvalue weighted by Crippen LogP contribution is 2.31. The zero-order valence-electron chi connectivity index (χ0n) is 17.1. The van der Waals surface area contributed by atoms with E-state index in [0.717, 1.165) is 34.3 Å². The average Bonchev–Trinajstić information content (AvgIpc) is 3.26. The fraction of sp³-hybridized carbons (Fsp3) is 0.429. The highest BCUT2D eigenvalue weighted by Gasteiger charge is 2.21. The van der Waals surface area contributed by atoms with Crippen LogP contribution < -0.4 is 5.32 Å². The molecule has 1 amide bonds. The Labute approximate surface area is 170 Å². The average molecular weight is 398 g/mol. The number of rotatable bonds is 7. The molecule has 7 heteroatoms. The van der Waals surface area contributed by atoms with Crippen LogP contribution in [0.2, 0.25) is 0 Å². The minimum Gasteiger partial charge on any atom is -0.352 e. The molecule has 0 aliphatic carbocycles. The number of nitrogens with zero attached hydrogens (tertiary/aromatic N) is 4. The first-order chi connectivity index (χ1) is 13.4. The first-order valence-corrected chi connectivity index (χ1v) is 10.4. The number of nitrogens with one attached hydrogen (secondary N) is 1. The third-order valence-corrected chi connectivity index (χ3v) is 5.24. The Kier molecular flexibility index (Phi) is 6.24. The Balaban J connectivity index is 1.99. The molecule has 3 heterocycles. The molecule has 148 valence electrons. The lowest BCUT2D eigenvalue weighted by Gasteiger charge is -2.13. The number of carbonyl (C=O) groups is 1. The molecule has 0 bridgehead atoms. The van der Waals surface area contributed by atoms with Gasteiger partial charge >= 0.3 is 0 Å². The van der Waals surface area contributed by atoms with Gasteiger partial charge in [-0.25, -0.2) is 4.98 Å². The van der Waals surface area contributed by atoms with Crippen LogP contribution in [0.3, 0.4) is 0 Å². The molecule has 0 unspecified atom stereocenters. The molecule has 0 radical (unpaired) electrons. The third-order valence-electron chi connectivity index (χ3n) is 4.38. The smallest absolute Gasteiger partial charge is 0.253 e. The maximum Gasteiger partial charge on any atom is 0.253 e. The number of aromatic nitrogens is 4. The van der Waals surface area contributed by atoms with E-state index in [1.165, 1.54) is 11.3 Å². The molecule has 1 N–H and O–H groups in total. The molecule has 0 saturated heterocycles. The summed E-state index contributed by atoms with van der Waals surface area (Å²) in [4.78, 5) is 25.9. The number of hydrogen-bond acceptors (Lipinski definition) is 5. The van der Waals surface area contributed by atoms with Crippen LogP contribution in [-0.4, -0.2) is 32.0 Å². The lowest BCUT2D eigenvalue weighted by Crippen LogP contribution is -2.27. The van der Waals surface area contributed by atoms with Crippen molar-refractivity contribution in [2.75, 3.05) is 6.54 Å². The summed E-state index contributed by atoms with van der Waals surface area (Å²) in [5, 5.41) is 5.87. The SMILES string of the molecule is Cc1c(C(=O)NCC(C)C)cc(-c2csc(-c3cnccn3)n2)n1CC(C)C. The minimum absolute atomic E-state index is 0.0284. The molecule has 0 aliphatic heterocycles. The van der Waals surface area contributed by atoms with Gasteiger partial charge in [-0.15, -0.1) is 11.3 Å². The summed E-state index contributed by atoms with van der Waals surface area (Å²) in [6.07, 6.45) is 5.03. The molecule has 3 aromatic rings. The van der Waals surface area contributed by atoms with Gasteiger partial charge in [0.05, 0.1) is 23.1 Å². The second kappa shape index (κ2) is 8.65. The molecule has 6 nitrogen and oxygen atoms in total. The zero-order chi connectivity index (χ0) is 20.3. The Morgan fingerprint density at radius 3 is 2.61 bits per heavy atom. The number of carbonyl (C=O) groups excluding carboxylic acids is 1. The monoisotopic (exact) mass is 397 g/mol. The maximum atomic E-state index is 12.7. The van der Waals surface area contributed by atoms with Gasteiger partial charge in [-0.05, 0) is 24.8 Å². The topological polar surface area (TPSA) is 72.7 Å². The van der Waals surface area contributed by atoms with E-state index >= 15 is 0 Å². The molecule has 0 atom stereocenters. The van der Waals surface area contributed by atoms with Crippen molar-refractivity contribution in [3.8, 4) is 22.1 Å². The summed E-state index contributed by atoms with van der Waals surface area (Å²) < 4.78 is 2.20. The van der Waals surface area contributed by atoms with E-state index in [-0.39, 0.29) is 5.91 Å². The largest absolute Gasteiger partial charge is 0.352 e. The molecule has 28 heavy (non-hydrogen) atoms. The van der Waals surface area contributed by atoms with Gasteiger partial charge in [-0.1, -0.05) is 27.7 Å². The summed E-state index contributed by atoms with van der Waals surface area (Å²) in [6.45, 7) is 12.0. The van der Waals surface area contributed by atoms with Crippen LogP contribution in [0.15, 0.2) is 30.0 Å². The van der Waals surface area contributed by atoms with Crippen molar-refractivity contribution in [1.82, 2.24) is 24.8 Å².